The number of aryl methyl sites for hydroxylation is 2. The average Bonchev–Trinajstić information content (AvgIpc) is 3.35. The fourth-order valence-electron chi connectivity index (χ4n) is 6.46. The third-order valence-corrected chi connectivity index (χ3v) is 8.40. The van der Waals surface area contributed by atoms with Crippen LogP contribution >= 0.6 is 0 Å². The van der Waals surface area contributed by atoms with Gasteiger partial charge < -0.3 is 9.64 Å². The topological polar surface area (TPSA) is 88.9 Å². The van der Waals surface area contributed by atoms with Crippen molar-refractivity contribution in [2.24, 2.45) is 0 Å². The van der Waals surface area contributed by atoms with E-state index in [0.717, 1.165) is 59.1 Å². The van der Waals surface area contributed by atoms with Gasteiger partial charge in [-0.3, -0.25) is 14.6 Å². The summed E-state index contributed by atoms with van der Waals surface area (Å²) in [6.45, 7) is 9.10. The van der Waals surface area contributed by atoms with Crippen LogP contribution in [0.15, 0.2) is 41.5 Å². The number of rotatable bonds is 3. The Bertz CT molecular complexity index is 1870. The van der Waals surface area contributed by atoms with Gasteiger partial charge in [-0.2, -0.15) is 10.1 Å². The number of piperidine rings is 1. The number of halogens is 1. The van der Waals surface area contributed by atoms with Gasteiger partial charge in [0.05, 0.1) is 40.0 Å². The molecule has 1 fully saturated rings. The molecule has 2 aliphatic rings. The summed E-state index contributed by atoms with van der Waals surface area (Å²) in [5.41, 5.74) is 5.30. The maximum absolute atomic E-state index is 16.8. The van der Waals surface area contributed by atoms with Crippen LogP contribution in [0, 0.1) is 19.7 Å². The molecule has 7 rings (SSSR count). The molecule has 0 saturated carbocycles. The minimum absolute atomic E-state index is 0.0281. The van der Waals surface area contributed by atoms with Crippen molar-refractivity contribution in [1.29, 1.82) is 0 Å². The van der Waals surface area contributed by atoms with Gasteiger partial charge in [0.1, 0.15) is 12.4 Å². The molecular formula is C31H31FN6O2. The molecule has 2 aliphatic heterocycles. The zero-order valence-corrected chi connectivity index (χ0v) is 23.1. The smallest absolute Gasteiger partial charge is 0.354 e. The number of nitrogens with one attached hydrogen (secondary N) is 1. The third-order valence-electron chi connectivity index (χ3n) is 8.40. The highest BCUT2D eigenvalue weighted by Crippen LogP contribution is 2.45. The van der Waals surface area contributed by atoms with Gasteiger partial charge in [-0.1, -0.05) is 19.9 Å². The standard InChI is InChI=1S/C31H31FN6O2/c1-16(2)27-28(18(4)10-11-33-27)38-23-13-20(24-17(3)8-9-22-21(24)14-34-36-22)26(32)29-25(23)30(35-31(38)39)37-12-6-5-7-19(37)15-40-29/h8-11,13-14,16,19H,5-7,12,15H2,1-4H3,(H,34,36)/t19-/m1/s1. The predicted octanol–water partition coefficient (Wildman–Crippen LogP) is 5.95. The second-order valence-corrected chi connectivity index (χ2v) is 11.3. The molecule has 5 aromatic rings. The summed E-state index contributed by atoms with van der Waals surface area (Å²) in [5.74, 6) is 0.246. The average molecular weight is 539 g/mol. The molecule has 40 heavy (non-hydrogen) atoms. The normalized spacial score (nSPS) is 16.9. The highest BCUT2D eigenvalue weighted by atomic mass is 19.1. The number of H-pyrrole nitrogens is 1. The Kier molecular flexibility index (Phi) is 5.66. The maximum atomic E-state index is 16.8. The largest absolute Gasteiger partial charge is 0.487 e. The van der Waals surface area contributed by atoms with E-state index >= 15 is 4.39 Å². The molecule has 0 spiro atoms. The molecular weight excluding hydrogens is 507 g/mol. The molecule has 1 saturated heterocycles. The van der Waals surface area contributed by atoms with Crippen molar-refractivity contribution >= 4 is 27.6 Å². The van der Waals surface area contributed by atoms with Crippen molar-refractivity contribution in [3.05, 3.63) is 69.8 Å². The SMILES string of the molecule is Cc1ccnc(C(C)C)c1-n1c(=O)nc2c3c(c(F)c(-c4c(C)ccc5[nH]ncc45)cc31)OC[C@H]1CCCCN21. The number of benzene rings is 2. The predicted molar refractivity (Wildman–Crippen MR) is 154 cm³/mol. The highest BCUT2D eigenvalue weighted by molar-refractivity contribution is 6.03. The quantitative estimate of drug-likeness (QED) is 0.305. The molecule has 1 N–H and O–H groups in total. The van der Waals surface area contributed by atoms with Crippen molar-refractivity contribution in [2.75, 3.05) is 18.1 Å². The van der Waals surface area contributed by atoms with Gasteiger partial charge in [0.25, 0.3) is 0 Å². The van der Waals surface area contributed by atoms with Crippen molar-refractivity contribution in [3.63, 3.8) is 0 Å². The Labute approximate surface area is 230 Å². The molecule has 1 atom stereocenters. The molecule has 0 aliphatic carbocycles. The third kappa shape index (κ3) is 3.56. The van der Waals surface area contributed by atoms with E-state index in [1.165, 1.54) is 0 Å². The van der Waals surface area contributed by atoms with Gasteiger partial charge >= 0.3 is 5.69 Å². The van der Waals surface area contributed by atoms with E-state index in [2.05, 4.69) is 38.9 Å². The maximum Gasteiger partial charge on any atom is 0.354 e. The summed E-state index contributed by atoms with van der Waals surface area (Å²) in [4.78, 5) is 25.5. The first-order valence-corrected chi connectivity index (χ1v) is 13.9. The first-order valence-electron chi connectivity index (χ1n) is 13.9. The Balaban J connectivity index is 1.66. The van der Waals surface area contributed by atoms with Crippen molar-refractivity contribution < 1.29 is 9.13 Å². The lowest BCUT2D eigenvalue weighted by Crippen LogP contribution is -2.43. The van der Waals surface area contributed by atoms with Gasteiger partial charge in [0, 0.05) is 23.7 Å². The van der Waals surface area contributed by atoms with Crippen molar-refractivity contribution in [1.82, 2.24) is 24.7 Å². The van der Waals surface area contributed by atoms with Crippen molar-refractivity contribution in [2.45, 2.75) is 58.9 Å². The van der Waals surface area contributed by atoms with Crippen LogP contribution < -0.4 is 15.3 Å². The minimum atomic E-state index is -0.454. The van der Waals surface area contributed by atoms with Gasteiger partial charge in [-0.05, 0) is 73.9 Å². The summed E-state index contributed by atoms with van der Waals surface area (Å²) >= 11 is 0. The molecule has 0 amide bonds. The summed E-state index contributed by atoms with van der Waals surface area (Å²) in [6, 6.07) is 7.60. The van der Waals surface area contributed by atoms with Crippen LogP contribution in [0.3, 0.4) is 0 Å². The van der Waals surface area contributed by atoms with Gasteiger partial charge in [-0.25, -0.2) is 9.18 Å². The minimum Gasteiger partial charge on any atom is -0.487 e. The van der Waals surface area contributed by atoms with E-state index in [4.69, 9.17) is 4.74 Å². The van der Waals surface area contributed by atoms with Crippen LogP contribution in [0.2, 0.25) is 0 Å². The second kappa shape index (κ2) is 9.15. The number of hydrogen-bond donors (Lipinski definition) is 1. The first-order chi connectivity index (χ1) is 19.3. The van der Waals surface area contributed by atoms with E-state index in [-0.39, 0.29) is 17.7 Å². The molecule has 0 radical (unpaired) electrons. The van der Waals surface area contributed by atoms with Gasteiger partial charge in [-0.15, -0.1) is 0 Å². The molecule has 0 unspecified atom stereocenters. The summed E-state index contributed by atoms with van der Waals surface area (Å²) in [6.07, 6.45) is 6.43. The van der Waals surface area contributed by atoms with E-state index in [9.17, 15) is 4.79 Å². The van der Waals surface area contributed by atoms with Crippen LogP contribution in [-0.4, -0.2) is 43.9 Å². The lowest BCUT2D eigenvalue weighted by atomic mass is 9.94. The molecule has 9 heteroatoms. The van der Waals surface area contributed by atoms with E-state index in [0.29, 0.717) is 34.6 Å². The number of hydrogen-bond acceptors (Lipinski definition) is 6. The van der Waals surface area contributed by atoms with E-state index in [1.54, 1.807) is 23.0 Å². The molecule has 5 heterocycles. The number of aromatic nitrogens is 5. The zero-order chi connectivity index (χ0) is 27.7. The Hall–Kier alpha value is -4.27. The van der Waals surface area contributed by atoms with Gasteiger partial charge in [0.2, 0.25) is 0 Å². The summed E-state index contributed by atoms with van der Waals surface area (Å²) < 4.78 is 24.8. The van der Waals surface area contributed by atoms with Crippen LogP contribution in [-0.2, 0) is 0 Å². The monoisotopic (exact) mass is 538 g/mol. The molecule has 8 nitrogen and oxygen atoms in total. The van der Waals surface area contributed by atoms with Crippen LogP contribution in [0.4, 0.5) is 10.2 Å². The first kappa shape index (κ1) is 24.7. The number of ether oxygens (including phenoxy) is 1. The van der Waals surface area contributed by atoms with E-state index in [1.807, 2.05) is 32.0 Å². The van der Waals surface area contributed by atoms with Crippen molar-refractivity contribution in [3.8, 4) is 22.6 Å². The molecule has 2 aromatic carbocycles. The Morgan fingerprint density at radius 1 is 1.15 bits per heavy atom. The Morgan fingerprint density at radius 3 is 2.83 bits per heavy atom. The van der Waals surface area contributed by atoms with Crippen LogP contribution in [0.5, 0.6) is 5.75 Å². The highest BCUT2D eigenvalue weighted by Gasteiger charge is 2.34. The number of fused-ring (bicyclic) bond motifs is 3. The second-order valence-electron chi connectivity index (χ2n) is 11.3. The number of pyridine rings is 1. The Morgan fingerprint density at radius 2 is 2.00 bits per heavy atom. The lowest BCUT2D eigenvalue weighted by molar-refractivity contribution is 0.258. The summed E-state index contributed by atoms with van der Waals surface area (Å²) in [5, 5.41) is 8.55. The molecule has 0 bridgehead atoms. The molecule has 3 aromatic heterocycles. The fraction of sp³-hybridized carbons (Fsp3) is 0.355. The van der Waals surface area contributed by atoms with Crippen LogP contribution in [0.1, 0.15) is 55.8 Å². The molecule has 204 valence electrons. The number of anilines is 1. The summed E-state index contributed by atoms with van der Waals surface area (Å²) in [7, 11) is 0. The number of nitrogens with zero attached hydrogens (tertiary/aromatic N) is 5. The zero-order valence-electron chi connectivity index (χ0n) is 23.1. The van der Waals surface area contributed by atoms with E-state index < -0.39 is 11.5 Å². The fourth-order valence-corrected chi connectivity index (χ4v) is 6.46. The number of aromatic amines is 1. The lowest BCUT2D eigenvalue weighted by Gasteiger charge is -2.35. The van der Waals surface area contributed by atoms with Crippen LogP contribution in [0.25, 0.3) is 38.6 Å². The van der Waals surface area contributed by atoms with Gasteiger partial charge in [0.15, 0.2) is 11.6 Å².